The number of nitrogen functional groups attached to an aromatic ring is 1. The number of aliphatic hydroxyl groups excluding tert-OH is 1. The third-order valence-electron chi connectivity index (χ3n) is 4.19. The van der Waals surface area contributed by atoms with Gasteiger partial charge in [0, 0.05) is 19.2 Å². The predicted molar refractivity (Wildman–Crippen MR) is 122 cm³/mol. The molecule has 0 radical (unpaired) electrons. The van der Waals surface area contributed by atoms with Crippen molar-refractivity contribution in [2.45, 2.75) is 39.4 Å². The highest BCUT2D eigenvalue weighted by molar-refractivity contribution is 7.21. The van der Waals surface area contributed by atoms with Gasteiger partial charge in [-0.1, -0.05) is 24.9 Å². The second-order valence-corrected chi connectivity index (χ2v) is 8.90. The van der Waals surface area contributed by atoms with Crippen LogP contribution < -0.4 is 11.1 Å². The zero-order chi connectivity index (χ0) is 24.1. The minimum absolute atomic E-state index is 0.0150. The lowest BCUT2D eigenvalue weighted by Gasteiger charge is -2.14. The maximum absolute atomic E-state index is 14.0. The molecule has 0 amide bonds. The summed E-state index contributed by atoms with van der Waals surface area (Å²) in [6, 6.07) is 2.00. The Morgan fingerprint density at radius 1 is 1.22 bits per heavy atom. The summed E-state index contributed by atoms with van der Waals surface area (Å²) < 4.78 is 27.8. The number of rotatable bonds is 7. The molecule has 0 saturated heterocycles. The lowest BCUT2D eigenvalue weighted by Crippen LogP contribution is -2.15. The minimum atomic E-state index is -1.50. The van der Waals surface area contributed by atoms with Crippen molar-refractivity contribution < 1.29 is 24.1 Å². The molecular formula is C20H26ClF2N5O3S. The lowest BCUT2D eigenvalue weighted by molar-refractivity contribution is -0.127. The summed E-state index contributed by atoms with van der Waals surface area (Å²) in [5.74, 6) is -2.42. The Bertz CT molecular complexity index is 1050. The van der Waals surface area contributed by atoms with Crippen molar-refractivity contribution in [2.75, 3.05) is 24.2 Å². The molecule has 0 bridgehead atoms. The first-order chi connectivity index (χ1) is 14.9. The average molecular weight is 490 g/mol. The number of nitrogens with one attached hydrogen (secondary N) is 1. The largest absolute Gasteiger partial charge is 0.396 e. The molecular weight excluding hydrogens is 464 g/mol. The molecule has 2 aromatic heterocycles. The van der Waals surface area contributed by atoms with Crippen molar-refractivity contribution in [2.24, 2.45) is 5.92 Å². The van der Waals surface area contributed by atoms with Crippen LogP contribution in [0.1, 0.15) is 33.6 Å². The van der Waals surface area contributed by atoms with Crippen molar-refractivity contribution in [1.29, 1.82) is 0 Å². The van der Waals surface area contributed by atoms with Gasteiger partial charge in [-0.25, -0.2) is 18.7 Å². The van der Waals surface area contributed by atoms with Crippen molar-refractivity contribution in [1.82, 2.24) is 15.0 Å². The van der Waals surface area contributed by atoms with Crippen LogP contribution in [0.5, 0.6) is 0 Å². The Kier molecular flexibility index (Phi) is 9.05. The summed E-state index contributed by atoms with van der Waals surface area (Å²) in [5.41, 5.74) is 6.13. The summed E-state index contributed by atoms with van der Waals surface area (Å²) in [7, 11) is 0. The lowest BCUT2D eigenvalue weighted by atomic mass is 10.0. The molecule has 0 aliphatic carbocycles. The Hall–Kier alpha value is -2.18. The molecule has 1 atom stereocenters. The number of aliphatic hydroxyl groups is 3. The first-order valence-corrected chi connectivity index (χ1v) is 11.0. The van der Waals surface area contributed by atoms with Crippen molar-refractivity contribution in [3.05, 3.63) is 28.9 Å². The van der Waals surface area contributed by atoms with Crippen LogP contribution in [0.4, 0.5) is 20.5 Å². The zero-order valence-corrected chi connectivity index (χ0v) is 19.4. The highest BCUT2D eigenvalue weighted by Gasteiger charge is 2.20. The van der Waals surface area contributed by atoms with Gasteiger partial charge < -0.3 is 26.4 Å². The fourth-order valence-electron chi connectivity index (χ4n) is 2.65. The number of thiazole rings is 1. The first-order valence-electron chi connectivity index (χ1n) is 9.81. The van der Waals surface area contributed by atoms with Crippen LogP contribution in [0, 0.1) is 17.6 Å². The number of hydrogen-bond acceptors (Lipinski definition) is 9. The third kappa shape index (κ3) is 7.45. The first kappa shape index (κ1) is 26.1. The molecule has 3 aromatic rings. The monoisotopic (exact) mass is 489 g/mol. The maximum atomic E-state index is 14.0. The summed E-state index contributed by atoms with van der Waals surface area (Å²) >= 11 is 7.34. The van der Waals surface area contributed by atoms with E-state index in [0.717, 1.165) is 23.8 Å². The Balaban J connectivity index is 0.000000654. The highest BCUT2D eigenvalue weighted by Crippen LogP contribution is 2.38. The van der Waals surface area contributed by atoms with Crippen LogP contribution in [0.2, 0.25) is 5.15 Å². The van der Waals surface area contributed by atoms with E-state index in [1.807, 2.05) is 6.92 Å². The Labute approximate surface area is 193 Å². The number of benzene rings is 1. The average Bonchev–Trinajstić information content (AvgIpc) is 3.07. The fraction of sp³-hybridized carbons (Fsp3) is 0.450. The van der Waals surface area contributed by atoms with Crippen molar-refractivity contribution in [3.8, 4) is 10.6 Å². The molecule has 0 fully saturated rings. The molecule has 0 aliphatic rings. The van der Waals surface area contributed by atoms with Crippen LogP contribution >= 0.6 is 22.9 Å². The molecule has 3 rings (SSSR count). The molecule has 1 aromatic carbocycles. The number of nitrogens with two attached hydrogens (primary N) is 1. The van der Waals surface area contributed by atoms with Gasteiger partial charge in [0.05, 0.1) is 10.3 Å². The van der Waals surface area contributed by atoms with Crippen LogP contribution in [-0.4, -0.2) is 49.2 Å². The SMILES string of the molecule is CC(C)(O)O.CCC(CO)CCNc1nc(N)nc(Cl)c1-c1nc2c(F)cc(F)cc2s1. The van der Waals surface area contributed by atoms with E-state index in [0.29, 0.717) is 34.1 Å². The number of fused-ring (bicyclic) bond motifs is 1. The van der Waals surface area contributed by atoms with E-state index in [1.165, 1.54) is 19.9 Å². The third-order valence-corrected chi connectivity index (χ3v) is 5.48. The molecule has 0 saturated carbocycles. The van der Waals surface area contributed by atoms with Gasteiger partial charge in [-0.3, -0.25) is 0 Å². The van der Waals surface area contributed by atoms with Gasteiger partial charge in [-0.2, -0.15) is 4.98 Å². The van der Waals surface area contributed by atoms with Crippen LogP contribution in [0.25, 0.3) is 20.8 Å². The van der Waals surface area contributed by atoms with Crippen LogP contribution in [-0.2, 0) is 0 Å². The molecule has 0 aliphatic heterocycles. The molecule has 0 spiro atoms. The van der Waals surface area contributed by atoms with Gasteiger partial charge in [0.2, 0.25) is 5.95 Å². The topological polar surface area (TPSA) is 137 Å². The standard InChI is InChI=1S/C17H18ClF2N5OS.C3H8O2/c1-2-8(7-26)3-4-22-15-12(14(18)24-17(21)25-15)16-23-13-10(20)5-9(19)6-11(13)27-16;1-3(2,4)5/h5-6,8,26H,2-4,7H2,1H3,(H3,21,22,24,25);4-5H,1-2H3. The maximum Gasteiger partial charge on any atom is 0.223 e. The number of anilines is 2. The smallest absolute Gasteiger partial charge is 0.223 e. The van der Waals surface area contributed by atoms with Gasteiger partial charge in [-0.05, 0) is 32.3 Å². The summed E-state index contributed by atoms with van der Waals surface area (Å²) in [6.45, 7) is 5.22. The van der Waals surface area contributed by atoms with Gasteiger partial charge in [-0.15, -0.1) is 11.3 Å². The Morgan fingerprint density at radius 2 is 1.88 bits per heavy atom. The molecule has 176 valence electrons. The van der Waals surface area contributed by atoms with E-state index in [2.05, 4.69) is 20.3 Å². The summed E-state index contributed by atoms with van der Waals surface area (Å²) in [5, 5.41) is 29.0. The number of halogens is 3. The molecule has 32 heavy (non-hydrogen) atoms. The summed E-state index contributed by atoms with van der Waals surface area (Å²) in [4.78, 5) is 12.4. The molecule has 8 nitrogen and oxygen atoms in total. The van der Waals surface area contributed by atoms with E-state index >= 15 is 0 Å². The molecule has 2 heterocycles. The molecule has 12 heteroatoms. The van der Waals surface area contributed by atoms with E-state index in [9.17, 15) is 13.9 Å². The number of aromatic nitrogens is 3. The van der Waals surface area contributed by atoms with Gasteiger partial charge in [0.15, 0.2) is 11.6 Å². The van der Waals surface area contributed by atoms with E-state index < -0.39 is 17.4 Å². The summed E-state index contributed by atoms with van der Waals surface area (Å²) in [6.07, 6.45) is 1.56. The number of nitrogens with zero attached hydrogens (tertiary/aromatic N) is 3. The van der Waals surface area contributed by atoms with E-state index in [1.54, 1.807) is 0 Å². The van der Waals surface area contributed by atoms with Gasteiger partial charge in [0.1, 0.15) is 27.3 Å². The van der Waals surface area contributed by atoms with E-state index in [-0.39, 0.29) is 29.1 Å². The van der Waals surface area contributed by atoms with Crippen LogP contribution in [0.3, 0.4) is 0 Å². The molecule has 1 unspecified atom stereocenters. The van der Waals surface area contributed by atoms with E-state index in [4.69, 9.17) is 27.5 Å². The Morgan fingerprint density at radius 3 is 2.47 bits per heavy atom. The second-order valence-electron chi connectivity index (χ2n) is 7.52. The zero-order valence-electron chi connectivity index (χ0n) is 17.9. The van der Waals surface area contributed by atoms with Crippen molar-refractivity contribution in [3.63, 3.8) is 0 Å². The van der Waals surface area contributed by atoms with Gasteiger partial charge in [0.25, 0.3) is 0 Å². The molecule has 6 N–H and O–H groups in total. The number of hydrogen-bond donors (Lipinski definition) is 5. The van der Waals surface area contributed by atoms with Gasteiger partial charge >= 0.3 is 0 Å². The fourth-order valence-corrected chi connectivity index (χ4v) is 4.02. The second kappa shape index (κ2) is 11.1. The quantitative estimate of drug-likeness (QED) is 0.249. The normalized spacial score (nSPS) is 12.4. The minimum Gasteiger partial charge on any atom is -0.396 e. The van der Waals surface area contributed by atoms with Crippen LogP contribution in [0.15, 0.2) is 12.1 Å². The predicted octanol–water partition coefficient (Wildman–Crippen LogP) is 3.79. The van der Waals surface area contributed by atoms with Crippen molar-refractivity contribution >= 4 is 44.9 Å². The highest BCUT2D eigenvalue weighted by atomic mass is 35.5.